The number of hydrogen-bond donors (Lipinski definition) is 0. The van der Waals surface area contributed by atoms with Gasteiger partial charge in [0.1, 0.15) is 11.3 Å². The van der Waals surface area contributed by atoms with E-state index in [1.165, 1.54) is 0 Å². The van der Waals surface area contributed by atoms with Crippen LogP contribution in [0.25, 0.3) is 11.0 Å². The molecule has 0 unspecified atom stereocenters. The van der Waals surface area contributed by atoms with Crippen molar-refractivity contribution < 1.29 is 23.5 Å². The van der Waals surface area contributed by atoms with E-state index in [1.807, 2.05) is 72.7 Å². The summed E-state index contributed by atoms with van der Waals surface area (Å²) in [4.78, 5) is 33.5. The second kappa shape index (κ2) is 12.4. The third-order valence-corrected chi connectivity index (χ3v) is 9.17. The average molecular weight is 588 g/mol. The molecule has 1 atom stereocenters. The van der Waals surface area contributed by atoms with Gasteiger partial charge in [0.25, 0.3) is 5.91 Å². The van der Waals surface area contributed by atoms with Gasteiger partial charge >= 0.3 is 6.03 Å². The largest absolute Gasteiger partial charge is 0.496 e. The number of benzene rings is 2. The van der Waals surface area contributed by atoms with Gasteiger partial charge in [-0.2, -0.15) is 0 Å². The van der Waals surface area contributed by atoms with Crippen molar-refractivity contribution in [2.45, 2.75) is 72.6 Å². The van der Waals surface area contributed by atoms with E-state index in [0.717, 1.165) is 51.1 Å². The van der Waals surface area contributed by atoms with E-state index in [0.29, 0.717) is 51.4 Å². The number of likely N-dealkylation sites (N-methyl/N-ethyl adjacent to an activating group) is 1. The summed E-state index contributed by atoms with van der Waals surface area (Å²) < 4.78 is 17.2. The zero-order valence-corrected chi connectivity index (χ0v) is 26.7. The van der Waals surface area contributed by atoms with Crippen LogP contribution in [0.5, 0.6) is 5.75 Å². The van der Waals surface area contributed by atoms with Crippen molar-refractivity contribution in [3.05, 3.63) is 76.2 Å². The molecule has 2 fully saturated rings. The second-order valence-corrected chi connectivity index (χ2v) is 11.6. The van der Waals surface area contributed by atoms with Gasteiger partial charge in [-0.3, -0.25) is 9.69 Å². The average Bonchev–Trinajstić information content (AvgIpc) is 3.45. The van der Waals surface area contributed by atoms with Gasteiger partial charge in [-0.15, -0.1) is 0 Å². The van der Waals surface area contributed by atoms with Crippen LogP contribution in [0.2, 0.25) is 0 Å². The summed E-state index contributed by atoms with van der Waals surface area (Å²) in [6, 6.07) is 12.0. The molecule has 0 radical (unpaired) electrons. The number of carbonyl (C=O) groups excluding carboxylic acids is 2. The molecule has 0 saturated carbocycles. The fourth-order valence-corrected chi connectivity index (χ4v) is 7.18. The fourth-order valence-electron chi connectivity index (χ4n) is 7.18. The molecule has 0 N–H and O–H groups in total. The number of likely N-dealkylation sites (tertiary alicyclic amines) is 1. The maximum absolute atomic E-state index is 14.0. The lowest BCUT2D eigenvalue weighted by Crippen LogP contribution is -2.54. The number of furan rings is 1. The predicted octanol–water partition coefficient (Wildman–Crippen LogP) is 6.93. The van der Waals surface area contributed by atoms with Crippen LogP contribution < -0.4 is 4.74 Å². The Hall–Kier alpha value is -3.78. The molecule has 3 amide bonds. The quantitative estimate of drug-likeness (QED) is 0.324. The summed E-state index contributed by atoms with van der Waals surface area (Å²) in [6.07, 6.45) is 4.49. The monoisotopic (exact) mass is 587 g/mol. The minimum atomic E-state index is -0.439. The Balaban J connectivity index is 0.00000180. The maximum Gasteiger partial charge on any atom is 0.325 e. The van der Waals surface area contributed by atoms with E-state index < -0.39 is 5.54 Å². The van der Waals surface area contributed by atoms with E-state index in [9.17, 15) is 9.59 Å². The molecule has 1 spiro atoms. The van der Waals surface area contributed by atoms with Crippen LogP contribution in [-0.2, 0) is 24.3 Å². The summed E-state index contributed by atoms with van der Waals surface area (Å²) in [7, 11) is 3.39. The first-order chi connectivity index (χ1) is 20.8. The lowest BCUT2D eigenvalue weighted by molar-refractivity contribution is 0.0548. The number of rotatable bonds is 5. The molecule has 3 aliphatic rings. The number of methoxy groups -OCH3 is 2. The number of nitrogens with zero attached hydrogens (tertiary/aromatic N) is 3. The van der Waals surface area contributed by atoms with Crippen LogP contribution in [0, 0.1) is 12.8 Å². The smallest absolute Gasteiger partial charge is 0.325 e. The third-order valence-electron chi connectivity index (χ3n) is 9.17. The van der Waals surface area contributed by atoms with Crippen molar-refractivity contribution in [1.29, 1.82) is 0 Å². The minimum absolute atomic E-state index is 0.0304. The number of piperidine rings is 1. The van der Waals surface area contributed by atoms with Crippen molar-refractivity contribution in [2.75, 3.05) is 33.9 Å². The molecule has 2 saturated heterocycles. The van der Waals surface area contributed by atoms with E-state index in [4.69, 9.17) is 13.9 Å². The van der Waals surface area contributed by atoms with Crippen molar-refractivity contribution >= 4 is 22.9 Å². The van der Waals surface area contributed by atoms with Gasteiger partial charge in [0, 0.05) is 43.4 Å². The molecular formula is C35H45N3O5. The van der Waals surface area contributed by atoms with E-state index >= 15 is 0 Å². The Bertz CT molecular complexity index is 1530. The number of carbonyl (C=O) groups is 2. The second-order valence-electron chi connectivity index (χ2n) is 11.6. The van der Waals surface area contributed by atoms with Gasteiger partial charge in [0.15, 0.2) is 5.76 Å². The Kier molecular flexibility index (Phi) is 8.88. The zero-order chi connectivity index (χ0) is 30.9. The highest BCUT2D eigenvalue weighted by Gasteiger charge is 2.55. The summed E-state index contributed by atoms with van der Waals surface area (Å²) in [5.74, 6) is 1.38. The molecule has 8 nitrogen and oxygen atoms in total. The van der Waals surface area contributed by atoms with E-state index in [1.54, 1.807) is 14.2 Å². The molecule has 1 aromatic heterocycles. The van der Waals surface area contributed by atoms with Gasteiger partial charge < -0.3 is 23.7 Å². The summed E-state index contributed by atoms with van der Waals surface area (Å²) >= 11 is 0. The van der Waals surface area contributed by atoms with Crippen molar-refractivity contribution in [1.82, 2.24) is 14.7 Å². The molecule has 3 aromatic rings. The maximum atomic E-state index is 14.0. The highest BCUT2D eigenvalue weighted by molar-refractivity contribution is 5.99. The Morgan fingerprint density at radius 2 is 1.84 bits per heavy atom. The summed E-state index contributed by atoms with van der Waals surface area (Å²) in [6.45, 7) is 12.9. The molecule has 3 aliphatic heterocycles. The number of fused-ring (bicyclic) bond motifs is 4. The lowest BCUT2D eigenvalue weighted by atomic mass is 9.80. The van der Waals surface area contributed by atoms with Crippen LogP contribution in [0.1, 0.15) is 73.3 Å². The lowest BCUT2D eigenvalue weighted by Gasteiger charge is -2.44. The summed E-state index contributed by atoms with van der Waals surface area (Å²) in [5, 5.41) is 0.970. The molecule has 230 valence electrons. The normalized spacial score (nSPS) is 20.5. The first kappa shape index (κ1) is 30.7. The Morgan fingerprint density at radius 3 is 2.49 bits per heavy atom. The molecular weight excluding hydrogens is 542 g/mol. The Labute approximate surface area is 255 Å². The standard InChI is InChI=1S/C33H39N3O5.C2H6/c1-6-36-32(38)35-19-24-17-23(20-39-4)18-28(40-5)26(24)15-21(2)16-29(35)33(36)11-13-34(14-12-33)31(37)30-22(3)25-9-7-8-10-27(25)41-30;1-2/h7-10,16-18,21H,6,11-15,19-20H2,1-5H3;1-2H3/b29-16-;/t21-;/m1./s1. The highest BCUT2D eigenvalue weighted by Crippen LogP contribution is 2.47. The van der Waals surface area contributed by atoms with E-state index in [2.05, 4.69) is 19.1 Å². The molecule has 4 heterocycles. The van der Waals surface area contributed by atoms with Crippen LogP contribution >= 0.6 is 0 Å². The predicted molar refractivity (Wildman–Crippen MR) is 168 cm³/mol. The van der Waals surface area contributed by atoms with Gasteiger partial charge in [-0.05, 0) is 67.9 Å². The van der Waals surface area contributed by atoms with Crippen LogP contribution in [0.15, 0.2) is 52.6 Å². The first-order valence-electron chi connectivity index (χ1n) is 15.6. The van der Waals surface area contributed by atoms with Crippen molar-refractivity contribution in [3.63, 3.8) is 0 Å². The number of para-hydroxylation sites is 1. The van der Waals surface area contributed by atoms with Gasteiger partial charge in [-0.25, -0.2) is 4.79 Å². The van der Waals surface area contributed by atoms with E-state index in [-0.39, 0.29) is 17.9 Å². The van der Waals surface area contributed by atoms with Crippen LogP contribution in [0.4, 0.5) is 4.79 Å². The number of ether oxygens (including phenoxy) is 2. The fraction of sp³-hybridized carbons (Fsp3) is 0.486. The number of urea groups is 1. The number of allylic oxidation sites excluding steroid dienone is 1. The topological polar surface area (TPSA) is 75.5 Å². The minimum Gasteiger partial charge on any atom is -0.496 e. The SMILES string of the molecule is CC.CCN1C(=O)N2Cc3cc(COC)cc(OC)c3C[C@@H](C)/C=C\2C12CCN(C(=O)c1oc3ccccc3c1C)CC2. The number of aryl methyl sites for hydroxylation is 1. The molecule has 0 bridgehead atoms. The molecule has 6 rings (SSSR count). The van der Waals surface area contributed by atoms with Crippen LogP contribution in [-0.4, -0.2) is 66.0 Å². The molecule has 8 heteroatoms. The van der Waals surface area contributed by atoms with Crippen molar-refractivity contribution in [2.24, 2.45) is 5.92 Å². The van der Waals surface area contributed by atoms with Gasteiger partial charge in [-0.1, -0.05) is 51.1 Å². The number of amides is 3. The Morgan fingerprint density at radius 1 is 1.12 bits per heavy atom. The third kappa shape index (κ3) is 5.20. The van der Waals surface area contributed by atoms with Gasteiger partial charge in [0.05, 0.1) is 25.8 Å². The first-order valence-corrected chi connectivity index (χ1v) is 15.6. The van der Waals surface area contributed by atoms with Gasteiger partial charge in [0.2, 0.25) is 0 Å². The van der Waals surface area contributed by atoms with Crippen LogP contribution in [0.3, 0.4) is 0 Å². The number of hydrogen-bond acceptors (Lipinski definition) is 5. The molecule has 2 aromatic carbocycles. The summed E-state index contributed by atoms with van der Waals surface area (Å²) in [5.41, 5.74) is 5.52. The highest BCUT2D eigenvalue weighted by atomic mass is 16.5. The molecule has 0 aliphatic carbocycles. The zero-order valence-electron chi connectivity index (χ0n) is 26.7. The molecule has 43 heavy (non-hydrogen) atoms. The van der Waals surface area contributed by atoms with Crippen molar-refractivity contribution in [3.8, 4) is 5.75 Å².